The Morgan fingerprint density at radius 2 is 1.41 bits per heavy atom. The van der Waals surface area contributed by atoms with E-state index in [2.05, 4.69) is 23.8 Å². The first kappa shape index (κ1) is 27.8. The van der Waals surface area contributed by atoms with Crippen LogP contribution in [0.1, 0.15) is 116 Å². The van der Waals surface area contributed by atoms with Gasteiger partial charge in [-0.05, 0) is 98.9 Å². The predicted octanol–water partition coefficient (Wildman–Crippen LogP) is 8.97. The zero-order valence-corrected chi connectivity index (χ0v) is 23.3. The van der Waals surface area contributed by atoms with Crippen molar-refractivity contribution in [1.82, 2.24) is 9.97 Å². The number of esters is 1. The summed E-state index contributed by atoms with van der Waals surface area (Å²) in [7, 11) is 0. The van der Waals surface area contributed by atoms with Gasteiger partial charge in [0, 0.05) is 18.0 Å². The molecule has 2 aromatic rings. The minimum Gasteiger partial charge on any atom is -0.426 e. The Balaban J connectivity index is 1.19. The Kier molecular flexibility index (Phi) is 11.0. The van der Waals surface area contributed by atoms with Gasteiger partial charge < -0.3 is 4.74 Å². The number of aryl methyl sites for hydroxylation is 1. The van der Waals surface area contributed by atoms with E-state index in [1.165, 1.54) is 89.0 Å². The lowest BCUT2D eigenvalue weighted by Gasteiger charge is -2.37. The minimum atomic E-state index is -0.0580. The molecule has 4 rings (SSSR count). The zero-order valence-electron chi connectivity index (χ0n) is 23.3. The number of rotatable bonds is 12. The maximum Gasteiger partial charge on any atom is 0.314 e. The largest absolute Gasteiger partial charge is 0.426 e. The molecule has 1 aromatic carbocycles. The predicted molar refractivity (Wildman–Crippen MR) is 151 cm³/mol. The summed E-state index contributed by atoms with van der Waals surface area (Å²) < 4.78 is 5.78. The Morgan fingerprint density at radius 1 is 0.784 bits per heavy atom. The van der Waals surface area contributed by atoms with Crippen LogP contribution in [0, 0.1) is 23.7 Å². The van der Waals surface area contributed by atoms with E-state index in [1.807, 2.05) is 36.7 Å². The number of hydrogen-bond acceptors (Lipinski definition) is 4. The van der Waals surface area contributed by atoms with E-state index in [4.69, 9.17) is 4.74 Å². The lowest BCUT2D eigenvalue weighted by molar-refractivity contribution is -0.140. The van der Waals surface area contributed by atoms with Crippen LogP contribution in [0.3, 0.4) is 0 Å². The molecule has 4 heteroatoms. The number of ether oxygens (including phenoxy) is 1. The first-order valence-corrected chi connectivity index (χ1v) is 15.3. The lowest BCUT2D eigenvalue weighted by atomic mass is 9.69. The molecule has 2 aliphatic carbocycles. The van der Waals surface area contributed by atoms with Crippen LogP contribution in [-0.2, 0) is 11.2 Å². The normalized spacial score (nSPS) is 24.1. The SMILES string of the molecule is CCCCCCCc1cnc(-c2ccc(OC(=O)C3CCC(C4CCC(CCC)CC4)CC3)cc2)nc1. The van der Waals surface area contributed by atoms with Crippen molar-refractivity contribution in [2.24, 2.45) is 23.7 Å². The van der Waals surface area contributed by atoms with Crippen molar-refractivity contribution in [3.63, 3.8) is 0 Å². The number of nitrogens with zero attached hydrogens (tertiary/aromatic N) is 2. The molecular weight excluding hydrogens is 456 g/mol. The molecule has 0 radical (unpaired) electrons. The quantitative estimate of drug-likeness (QED) is 0.164. The van der Waals surface area contributed by atoms with Gasteiger partial charge in [0.25, 0.3) is 0 Å². The molecule has 2 saturated carbocycles. The first-order valence-electron chi connectivity index (χ1n) is 15.3. The van der Waals surface area contributed by atoms with Crippen molar-refractivity contribution < 1.29 is 9.53 Å². The highest BCUT2D eigenvalue weighted by Crippen LogP contribution is 2.42. The lowest BCUT2D eigenvalue weighted by Crippen LogP contribution is -2.30. The van der Waals surface area contributed by atoms with Crippen molar-refractivity contribution in [3.8, 4) is 17.1 Å². The summed E-state index contributed by atoms with van der Waals surface area (Å²) in [6.07, 6.45) is 24.0. The van der Waals surface area contributed by atoms with E-state index in [0.29, 0.717) is 5.75 Å². The number of hydrogen-bond donors (Lipinski definition) is 0. The highest BCUT2D eigenvalue weighted by atomic mass is 16.5. The monoisotopic (exact) mass is 504 g/mol. The molecule has 0 N–H and O–H groups in total. The fourth-order valence-electron chi connectivity index (χ4n) is 6.62. The van der Waals surface area contributed by atoms with Crippen molar-refractivity contribution >= 4 is 5.97 Å². The Labute approximate surface area is 225 Å². The Morgan fingerprint density at radius 3 is 2.03 bits per heavy atom. The van der Waals surface area contributed by atoms with Gasteiger partial charge in [-0.15, -0.1) is 0 Å². The van der Waals surface area contributed by atoms with Crippen molar-refractivity contribution in [3.05, 3.63) is 42.2 Å². The second kappa shape index (κ2) is 14.6. The summed E-state index contributed by atoms with van der Waals surface area (Å²) in [5.41, 5.74) is 2.15. The molecular formula is C33H48N2O2. The van der Waals surface area contributed by atoms with E-state index in [9.17, 15) is 4.79 Å². The zero-order chi connectivity index (χ0) is 25.9. The molecule has 2 fully saturated rings. The highest BCUT2D eigenvalue weighted by molar-refractivity contribution is 5.75. The van der Waals surface area contributed by atoms with Gasteiger partial charge in [-0.2, -0.15) is 0 Å². The van der Waals surface area contributed by atoms with Crippen molar-refractivity contribution in [1.29, 1.82) is 0 Å². The summed E-state index contributed by atoms with van der Waals surface area (Å²) in [5, 5.41) is 0. The average Bonchev–Trinajstić information content (AvgIpc) is 2.94. The van der Waals surface area contributed by atoms with Crippen LogP contribution in [-0.4, -0.2) is 15.9 Å². The summed E-state index contributed by atoms with van der Waals surface area (Å²) in [6.45, 7) is 4.55. The third kappa shape index (κ3) is 8.38. The van der Waals surface area contributed by atoms with Gasteiger partial charge in [-0.1, -0.05) is 65.2 Å². The summed E-state index contributed by atoms with van der Waals surface area (Å²) in [5.74, 6) is 4.00. The molecule has 0 unspecified atom stereocenters. The number of aromatic nitrogens is 2. The van der Waals surface area contributed by atoms with Gasteiger partial charge in [0.1, 0.15) is 5.75 Å². The van der Waals surface area contributed by atoms with Gasteiger partial charge in [0.05, 0.1) is 5.92 Å². The second-order valence-electron chi connectivity index (χ2n) is 11.7. The van der Waals surface area contributed by atoms with Gasteiger partial charge in [-0.25, -0.2) is 9.97 Å². The van der Waals surface area contributed by atoms with Gasteiger partial charge in [0.15, 0.2) is 5.82 Å². The molecule has 202 valence electrons. The summed E-state index contributed by atoms with van der Waals surface area (Å²) >= 11 is 0. The number of carbonyl (C=O) groups excluding carboxylic acids is 1. The molecule has 1 heterocycles. The molecule has 0 saturated heterocycles. The van der Waals surface area contributed by atoms with Gasteiger partial charge in [-0.3, -0.25) is 4.79 Å². The molecule has 0 amide bonds. The third-order valence-electron chi connectivity index (χ3n) is 8.97. The highest BCUT2D eigenvalue weighted by Gasteiger charge is 2.33. The standard InChI is InChI=1S/C33H48N2O2/c1-3-5-6-7-8-10-26-23-34-32(35-24-26)29-19-21-31(22-20-29)37-33(36)30-17-15-28(16-18-30)27-13-11-25(9-4-2)12-14-27/h19-25,27-28,30H,3-18H2,1-2H3. The minimum absolute atomic E-state index is 0.0465. The first-order chi connectivity index (χ1) is 18.2. The van der Waals surface area contributed by atoms with E-state index in [0.717, 1.165) is 48.4 Å². The summed E-state index contributed by atoms with van der Waals surface area (Å²) in [4.78, 5) is 22.0. The molecule has 0 aliphatic heterocycles. The van der Waals surface area contributed by atoms with Crippen molar-refractivity contribution in [2.75, 3.05) is 0 Å². The smallest absolute Gasteiger partial charge is 0.314 e. The van der Waals surface area contributed by atoms with Gasteiger partial charge in [0.2, 0.25) is 0 Å². The van der Waals surface area contributed by atoms with Crippen LogP contribution in [0.25, 0.3) is 11.4 Å². The van der Waals surface area contributed by atoms with Gasteiger partial charge >= 0.3 is 5.97 Å². The van der Waals surface area contributed by atoms with Crippen LogP contribution < -0.4 is 4.74 Å². The fourth-order valence-corrected chi connectivity index (χ4v) is 6.62. The second-order valence-corrected chi connectivity index (χ2v) is 11.7. The van der Waals surface area contributed by atoms with E-state index in [-0.39, 0.29) is 11.9 Å². The van der Waals surface area contributed by atoms with Crippen molar-refractivity contribution in [2.45, 2.75) is 117 Å². The fraction of sp³-hybridized carbons (Fsp3) is 0.667. The Bertz CT molecular complexity index is 924. The van der Waals surface area contributed by atoms with Crippen LogP contribution in [0.4, 0.5) is 0 Å². The number of unbranched alkanes of at least 4 members (excludes halogenated alkanes) is 4. The summed E-state index contributed by atoms with van der Waals surface area (Å²) in [6, 6.07) is 7.65. The molecule has 0 spiro atoms. The molecule has 0 bridgehead atoms. The van der Waals surface area contributed by atoms with Crippen LogP contribution in [0.15, 0.2) is 36.7 Å². The van der Waals surface area contributed by atoms with Crippen LogP contribution >= 0.6 is 0 Å². The number of benzene rings is 1. The molecule has 1 aromatic heterocycles. The molecule has 37 heavy (non-hydrogen) atoms. The van der Waals surface area contributed by atoms with E-state index in [1.54, 1.807) is 0 Å². The third-order valence-corrected chi connectivity index (χ3v) is 8.97. The van der Waals surface area contributed by atoms with E-state index >= 15 is 0 Å². The maximum atomic E-state index is 12.9. The average molecular weight is 505 g/mol. The van der Waals surface area contributed by atoms with Crippen LogP contribution in [0.5, 0.6) is 5.75 Å². The van der Waals surface area contributed by atoms with E-state index < -0.39 is 0 Å². The maximum absolute atomic E-state index is 12.9. The van der Waals surface area contributed by atoms with Crippen LogP contribution in [0.2, 0.25) is 0 Å². The Hall–Kier alpha value is -2.23. The molecule has 2 aliphatic rings. The molecule has 4 nitrogen and oxygen atoms in total. The number of carbonyl (C=O) groups is 1. The molecule has 0 atom stereocenters. The topological polar surface area (TPSA) is 52.1 Å².